The van der Waals surface area contributed by atoms with Gasteiger partial charge in [0.2, 0.25) is 15.9 Å². The van der Waals surface area contributed by atoms with Gasteiger partial charge in [-0.3, -0.25) is 4.79 Å². The van der Waals surface area contributed by atoms with Gasteiger partial charge in [0.15, 0.2) is 0 Å². The summed E-state index contributed by atoms with van der Waals surface area (Å²) in [6.07, 6.45) is 3.70. The van der Waals surface area contributed by atoms with E-state index in [9.17, 15) is 13.2 Å². The second kappa shape index (κ2) is 5.99. The van der Waals surface area contributed by atoms with Crippen molar-refractivity contribution in [1.82, 2.24) is 15.4 Å². The molecule has 0 saturated carbocycles. The molecule has 1 rings (SSSR count). The Bertz CT molecular complexity index is 386. The fourth-order valence-electron chi connectivity index (χ4n) is 2.08. The maximum absolute atomic E-state index is 11.7. The lowest BCUT2D eigenvalue weighted by molar-refractivity contribution is -0.121. The molecule has 1 aliphatic rings. The van der Waals surface area contributed by atoms with E-state index in [1.54, 1.807) is 13.8 Å². The molecule has 106 valence electrons. The van der Waals surface area contributed by atoms with Crippen molar-refractivity contribution in [3.63, 3.8) is 0 Å². The first-order valence-corrected chi connectivity index (χ1v) is 8.06. The molecule has 0 aromatic carbocycles. The zero-order valence-electron chi connectivity index (χ0n) is 11.2. The van der Waals surface area contributed by atoms with E-state index >= 15 is 0 Å². The highest BCUT2D eigenvalue weighted by atomic mass is 32.2. The lowest BCUT2D eigenvalue weighted by Crippen LogP contribution is -2.51. The Morgan fingerprint density at radius 2 is 2.11 bits per heavy atom. The third kappa shape index (κ3) is 6.32. The molecule has 0 bridgehead atoms. The van der Waals surface area contributed by atoms with Gasteiger partial charge in [0.25, 0.3) is 0 Å². The highest BCUT2D eigenvalue weighted by Crippen LogP contribution is 2.08. The van der Waals surface area contributed by atoms with Crippen LogP contribution < -0.4 is 15.4 Å². The molecule has 3 N–H and O–H groups in total. The van der Waals surface area contributed by atoms with Crippen LogP contribution >= 0.6 is 0 Å². The van der Waals surface area contributed by atoms with E-state index < -0.39 is 15.6 Å². The summed E-state index contributed by atoms with van der Waals surface area (Å²) < 4.78 is 24.8. The number of hydrogen-bond acceptors (Lipinski definition) is 4. The minimum Gasteiger partial charge on any atom is -0.354 e. The molecule has 1 saturated heterocycles. The number of sulfonamides is 1. The number of hydrogen-bond donors (Lipinski definition) is 3. The number of nitrogens with one attached hydrogen (secondary N) is 3. The van der Waals surface area contributed by atoms with Crippen LogP contribution in [-0.2, 0) is 14.8 Å². The highest BCUT2D eigenvalue weighted by molar-refractivity contribution is 7.88. The molecule has 6 nitrogen and oxygen atoms in total. The van der Waals surface area contributed by atoms with Crippen molar-refractivity contribution in [3.05, 3.63) is 0 Å². The maximum atomic E-state index is 11.7. The standard InChI is InChI=1S/C11H23N3O3S/c1-11(2,14-18(3,16)17)8-13-10(15)7-9-5-4-6-12-9/h9,12,14H,4-8H2,1-3H3,(H,13,15). The molecule has 7 heteroatoms. The van der Waals surface area contributed by atoms with Crippen LogP contribution in [0.25, 0.3) is 0 Å². The van der Waals surface area contributed by atoms with Gasteiger partial charge in [0.05, 0.1) is 6.26 Å². The van der Waals surface area contributed by atoms with E-state index in [1.807, 2.05) is 0 Å². The predicted octanol–water partition coefficient (Wildman–Crippen LogP) is -0.427. The first kappa shape index (κ1) is 15.4. The molecule has 1 amide bonds. The van der Waals surface area contributed by atoms with Crippen molar-refractivity contribution in [2.24, 2.45) is 0 Å². The SMILES string of the molecule is CC(C)(CNC(=O)CC1CCCN1)NS(C)(=O)=O. The van der Waals surface area contributed by atoms with Crippen LogP contribution in [0.1, 0.15) is 33.1 Å². The van der Waals surface area contributed by atoms with Crippen LogP contribution in [0.4, 0.5) is 0 Å². The van der Waals surface area contributed by atoms with Crippen molar-refractivity contribution in [3.8, 4) is 0 Å². The lowest BCUT2D eigenvalue weighted by atomic mass is 10.1. The van der Waals surface area contributed by atoms with Gasteiger partial charge >= 0.3 is 0 Å². The molecule has 0 aromatic rings. The minimum absolute atomic E-state index is 0.0437. The van der Waals surface area contributed by atoms with Crippen LogP contribution in [0.15, 0.2) is 0 Å². The zero-order valence-corrected chi connectivity index (χ0v) is 12.1. The van der Waals surface area contributed by atoms with Crippen LogP contribution in [0.2, 0.25) is 0 Å². The molecule has 0 aromatic heterocycles. The van der Waals surface area contributed by atoms with Gasteiger partial charge < -0.3 is 10.6 Å². The Kier molecular flexibility index (Phi) is 5.12. The van der Waals surface area contributed by atoms with Crippen molar-refractivity contribution in [1.29, 1.82) is 0 Å². The molecule has 0 spiro atoms. The quantitative estimate of drug-likeness (QED) is 0.615. The summed E-state index contributed by atoms with van der Waals surface area (Å²) in [6, 6.07) is 0.260. The van der Waals surface area contributed by atoms with Crippen LogP contribution in [0.3, 0.4) is 0 Å². The third-order valence-electron chi connectivity index (χ3n) is 2.78. The van der Waals surface area contributed by atoms with E-state index in [2.05, 4.69) is 15.4 Å². The van der Waals surface area contributed by atoms with Crippen molar-refractivity contribution < 1.29 is 13.2 Å². The van der Waals surface area contributed by atoms with Gasteiger partial charge in [-0.25, -0.2) is 13.1 Å². The molecule has 1 aliphatic heterocycles. The van der Waals surface area contributed by atoms with Crippen LogP contribution in [0.5, 0.6) is 0 Å². The van der Waals surface area contributed by atoms with Gasteiger partial charge in [0.1, 0.15) is 0 Å². The zero-order chi connectivity index (χ0) is 13.8. The average Bonchev–Trinajstić information content (AvgIpc) is 2.64. The number of amides is 1. The molecule has 1 fully saturated rings. The van der Waals surface area contributed by atoms with Crippen molar-refractivity contribution in [2.75, 3.05) is 19.3 Å². The largest absolute Gasteiger partial charge is 0.354 e. The third-order valence-corrected chi connectivity index (χ3v) is 3.71. The molecule has 1 atom stereocenters. The summed E-state index contributed by atoms with van der Waals surface area (Å²) in [5, 5.41) is 6.02. The molecule has 1 unspecified atom stereocenters. The second-order valence-electron chi connectivity index (χ2n) is 5.53. The minimum atomic E-state index is -3.27. The highest BCUT2D eigenvalue weighted by Gasteiger charge is 2.24. The number of rotatable bonds is 6. The summed E-state index contributed by atoms with van der Waals surface area (Å²) in [6.45, 7) is 4.73. The van der Waals surface area contributed by atoms with E-state index in [0.29, 0.717) is 6.42 Å². The Labute approximate surface area is 109 Å². The Hall–Kier alpha value is -0.660. The lowest BCUT2D eigenvalue weighted by Gasteiger charge is -2.25. The number of carbonyl (C=O) groups is 1. The monoisotopic (exact) mass is 277 g/mol. The Balaban J connectivity index is 2.32. The van der Waals surface area contributed by atoms with Crippen LogP contribution in [-0.4, -0.2) is 45.3 Å². The predicted molar refractivity (Wildman–Crippen MR) is 70.7 cm³/mol. The van der Waals surface area contributed by atoms with Gasteiger partial charge in [0, 0.05) is 24.5 Å². The maximum Gasteiger partial charge on any atom is 0.221 e. The fourth-order valence-corrected chi connectivity index (χ4v) is 3.16. The molecule has 1 heterocycles. The summed E-state index contributed by atoms with van der Waals surface area (Å²) >= 11 is 0. The first-order valence-electron chi connectivity index (χ1n) is 6.17. The van der Waals surface area contributed by atoms with Crippen molar-refractivity contribution in [2.45, 2.75) is 44.7 Å². The Morgan fingerprint density at radius 1 is 1.44 bits per heavy atom. The summed E-state index contributed by atoms with van der Waals surface area (Å²) in [5.41, 5.74) is -0.674. The van der Waals surface area contributed by atoms with E-state index in [1.165, 1.54) is 0 Å². The van der Waals surface area contributed by atoms with Gasteiger partial charge in [-0.15, -0.1) is 0 Å². The second-order valence-corrected chi connectivity index (χ2v) is 7.28. The summed E-state index contributed by atoms with van der Waals surface area (Å²) in [7, 11) is -3.27. The molecular formula is C11H23N3O3S. The molecule has 18 heavy (non-hydrogen) atoms. The first-order chi connectivity index (χ1) is 8.18. The van der Waals surface area contributed by atoms with Crippen molar-refractivity contribution >= 4 is 15.9 Å². The summed E-state index contributed by atoms with van der Waals surface area (Å²) in [4.78, 5) is 11.7. The topological polar surface area (TPSA) is 87.3 Å². The van der Waals surface area contributed by atoms with Gasteiger partial charge in [-0.2, -0.15) is 0 Å². The fraction of sp³-hybridized carbons (Fsp3) is 0.909. The van der Waals surface area contributed by atoms with Gasteiger partial charge in [-0.1, -0.05) is 0 Å². The number of carbonyl (C=O) groups excluding carboxylic acids is 1. The van der Waals surface area contributed by atoms with E-state index in [0.717, 1.165) is 25.6 Å². The van der Waals surface area contributed by atoms with Crippen LogP contribution in [0, 0.1) is 0 Å². The summed E-state index contributed by atoms with van der Waals surface area (Å²) in [5.74, 6) is -0.0437. The average molecular weight is 277 g/mol. The Morgan fingerprint density at radius 3 is 2.61 bits per heavy atom. The van der Waals surface area contributed by atoms with E-state index in [-0.39, 0.29) is 18.5 Å². The van der Waals surface area contributed by atoms with Gasteiger partial charge in [-0.05, 0) is 33.2 Å². The molecular weight excluding hydrogens is 254 g/mol. The normalized spacial score (nSPS) is 20.9. The molecule has 0 aliphatic carbocycles. The van der Waals surface area contributed by atoms with E-state index in [4.69, 9.17) is 0 Å². The smallest absolute Gasteiger partial charge is 0.221 e. The molecule has 0 radical (unpaired) electrons.